The summed E-state index contributed by atoms with van der Waals surface area (Å²) in [5, 5.41) is 2.77. The minimum absolute atomic E-state index is 0.187. The third-order valence-electron chi connectivity index (χ3n) is 1.87. The summed E-state index contributed by atoms with van der Waals surface area (Å²) < 4.78 is 0. The van der Waals surface area contributed by atoms with Crippen LogP contribution in [0.25, 0.3) is 0 Å². The van der Waals surface area contributed by atoms with E-state index < -0.39 is 0 Å². The fraction of sp³-hybridized carbons (Fsp3) is 0.625. The Bertz CT molecular complexity index is 153. The average Bonchev–Trinajstić information content (AvgIpc) is 2.62. The van der Waals surface area contributed by atoms with Crippen LogP contribution in [0.3, 0.4) is 0 Å². The second-order valence-electron chi connectivity index (χ2n) is 2.85. The zero-order valence-electron chi connectivity index (χ0n) is 6.26. The lowest BCUT2D eigenvalue weighted by Crippen LogP contribution is -2.25. The van der Waals surface area contributed by atoms with Crippen LogP contribution in [0, 0.1) is 11.8 Å². The van der Waals surface area contributed by atoms with E-state index in [0.717, 1.165) is 6.42 Å². The van der Waals surface area contributed by atoms with Crippen LogP contribution in [0.4, 0.5) is 0 Å². The first-order chi connectivity index (χ1) is 4.75. The van der Waals surface area contributed by atoms with Gasteiger partial charge in [-0.1, -0.05) is 13.0 Å². The lowest BCUT2D eigenvalue weighted by Gasteiger charge is -1.97. The molecule has 2 unspecified atom stereocenters. The molecule has 0 aromatic heterocycles. The van der Waals surface area contributed by atoms with Gasteiger partial charge in [0.2, 0.25) is 5.91 Å². The Kier molecular flexibility index (Phi) is 2.10. The van der Waals surface area contributed by atoms with Crippen LogP contribution in [-0.4, -0.2) is 12.5 Å². The van der Waals surface area contributed by atoms with Crippen molar-refractivity contribution in [3.8, 4) is 0 Å². The molecule has 10 heavy (non-hydrogen) atoms. The van der Waals surface area contributed by atoms with Crippen LogP contribution in [0.2, 0.25) is 0 Å². The average molecular weight is 139 g/mol. The van der Waals surface area contributed by atoms with Crippen LogP contribution in [-0.2, 0) is 4.79 Å². The fourth-order valence-electron chi connectivity index (χ4n) is 0.991. The Morgan fingerprint density at radius 1 is 1.90 bits per heavy atom. The van der Waals surface area contributed by atoms with Gasteiger partial charge in [0.1, 0.15) is 0 Å². The Hall–Kier alpha value is -0.790. The first kappa shape index (κ1) is 7.32. The molecule has 0 radical (unpaired) electrons. The number of carbonyl (C=O) groups is 1. The zero-order valence-corrected chi connectivity index (χ0v) is 6.26. The van der Waals surface area contributed by atoms with Gasteiger partial charge in [-0.3, -0.25) is 4.79 Å². The summed E-state index contributed by atoms with van der Waals surface area (Å²) in [6, 6.07) is 0. The summed E-state index contributed by atoms with van der Waals surface area (Å²) in [5.74, 6) is 1.08. The molecule has 2 atom stereocenters. The van der Waals surface area contributed by atoms with E-state index in [1.807, 2.05) is 0 Å². The summed E-state index contributed by atoms with van der Waals surface area (Å²) in [6.07, 6.45) is 2.76. The molecule has 56 valence electrons. The molecule has 1 rings (SSSR count). The summed E-state index contributed by atoms with van der Waals surface area (Å²) in [7, 11) is 0. The molecule has 1 fully saturated rings. The van der Waals surface area contributed by atoms with Gasteiger partial charge in [0.15, 0.2) is 0 Å². The molecule has 2 heteroatoms. The molecule has 1 N–H and O–H groups in total. The smallest absolute Gasteiger partial charge is 0.223 e. The Morgan fingerprint density at radius 2 is 2.50 bits per heavy atom. The number of nitrogens with one attached hydrogen (secondary N) is 1. The van der Waals surface area contributed by atoms with Gasteiger partial charge in [0.05, 0.1) is 0 Å². The number of rotatable bonds is 3. The molecule has 1 aliphatic rings. The minimum Gasteiger partial charge on any atom is -0.352 e. The molecule has 0 spiro atoms. The highest BCUT2D eigenvalue weighted by Gasteiger charge is 2.38. The number of hydrogen-bond acceptors (Lipinski definition) is 1. The molecular formula is C8H13NO. The molecular weight excluding hydrogens is 126 g/mol. The topological polar surface area (TPSA) is 29.1 Å². The number of amides is 1. The third kappa shape index (κ3) is 1.59. The predicted molar refractivity (Wildman–Crippen MR) is 40.5 cm³/mol. The highest BCUT2D eigenvalue weighted by molar-refractivity contribution is 5.81. The van der Waals surface area contributed by atoms with Gasteiger partial charge >= 0.3 is 0 Å². The first-order valence-corrected chi connectivity index (χ1v) is 3.64. The summed E-state index contributed by atoms with van der Waals surface area (Å²) >= 11 is 0. The third-order valence-corrected chi connectivity index (χ3v) is 1.87. The Morgan fingerprint density at radius 3 is 2.90 bits per heavy atom. The van der Waals surface area contributed by atoms with Crippen molar-refractivity contribution in [2.75, 3.05) is 6.54 Å². The van der Waals surface area contributed by atoms with Crippen molar-refractivity contribution in [2.45, 2.75) is 13.3 Å². The monoisotopic (exact) mass is 139 g/mol. The minimum atomic E-state index is 0.187. The SMILES string of the molecule is C=CCNC(=O)C1CC1C. The van der Waals surface area contributed by atoms with E-state index in [1.165, 1.54) is 0 Å². The second kappa shape index (κ2) is 2.86. The first-order valence-electron chi connectivity index (χ1n) is 3.64. The molecule has 0 aromatic carbocycles. The highest BCUT2D eigenvalue weighted by Crippen LogP contribution is 2.37. The normalized spacial score (nSPS) is 29.3. The van der Waals surface area contributed by atoms with Crippen molar-refractivity contribution in [3.63, 3.8) is 0 Å². The van der Waals surface area contributed by atoms with Crippen molar-refractivity contribution in [2.24, 2.45) is 11.8 Å². The van der Waals surface area contributed by atoms with Gasteiger partial charge in [-0.2, -0.15) is 0 Å². The number of hydrogen-bond donors (Lipinski definition) is 1. The maximum absolute atomic E-state index is 11.0. The Balaban J connectivity index is 2.16. The molecule has 1 amide bonds. The van der Waals surface area contributed by atoms with Crippen molar-refractivity contribution < 1.29 is 4.79 Å². The van der Waals surface area contributed by atoms with Crippen LogP contribution in [0.15, 0.2) is 12.7 Å². The maximum Gasteiger partial charge on any atom is 0.223 e. The van der Waals surface area contributed by atoms with Crippen LogP contribution in [0.5, 0.6) is 0 Å². The predicted octanol–water partition coefficient (Wildman–Crippen LogP) is 0.945. The van der Waals surface area contributed by atoms with Crippen LogP contribution < -0.4 is 5.32 Å². The van der Waals surface area contributed by atoms with Crippen LogP contribution in [0.1, 0.15) is 13.3 Å². The van der Waals surface area contributed by atoms with Crippen molar-refractivity contribution in [3.05, 3.63) is 12.7 Å². The summed E-state index contributed by atoms with van der Waals surface area (Å²) in [4.78, 5) is 11.0. The fourth-order valence-corrected chi connectivity index (χ4v) is 0.991. The lowest BCUT2D eigenvalue weighted by molar-refractivity contribution is -0.122. The number of carbonyl (C=O) groups excluding carboxylic acids is 1. The van der Waals surface area contributed by atoms with E-state index in [-0.39, 0.29) is 5.91 Å². The van der Waals surface area contributed by atoms with Gasteiger partial charge < -0.3 is 5.32 Å². The molecule has 1 aliphatic carbocycles. The van der Waals surface area contributed by atoms with Gasteiger partial charge in [0.25, 0.3) is 0 Å². The van der Waals surface area contributed by atoms with Crippen molar-refractivity contribution in [1.29, 1.82) is 0 Å². The lowest BCUT2D eigenvalue weighted by atomic mass is 10.3. The molecule has 1 saturated carbocycles. The van der Waals surface area contributed by atoms with E-state index in [9.17, 15) is 4.79 Å². The summed E-state index contributed by atoms with van der Waals surface area (Å²) in [6.45, 7) is 6.21. The van der Waals surface area contributed by atoms with E-state index >= 15 is 0 Å². The van der Waals surface area contributed by atoms with E-state index in [4.69, 9.17) is 0 Å². The highest BCUT2D eigenvalue weighted by atomic mass is 16.2. The second-order valence-corrected chi connectivity index (χ2v) is 2.85. The molecule has 0 heterocycles. The van der Waals surface area contributed by atoms with Crippen LogP contribution >= 0.6 is 0 Å². The van der Waals surface area contributed by atoms with E-state index in [2.05, 4.69) is 18.8 Å². The Labute approximate surface area is 61.3 Å². The van der Waals surface area contributed by atoms with Gasteiger partial charge in [0, 0.05) is 12.5 Å². The zero-order chi connectivity index (χ0) is 7.56. The van der Waals surface area contributed by atoms with Gasteiger partial charge in [-0.05, 0) is 12.3 Å². The molecule has 0 saturated heterocycles. The molecule has 0 bridgehead atoms. The summed E-state index contributed by atoms with van der Waals surface area (Å²) in [5.41, 5.74) is 0. The largest absolute Gasteiger partial charge is 0.352 e. The molecule has 0 aromatic rings. The quantitative estimate of drug-likeness (QED) is 0.579. The van der Waals surface area contributed by atoms with E-state index in [0.29, 0.717) is 18.4 Å². The van der Waals surface area contributed by atoms with E-state index in [1.54, 1.807) is 6.08 Å². The van der Waals surface area contributed by atoms with Crippen molar-refractivity contribution in [1.82, 2.24) is 5.32 Å². The molecule has 0 aliphatic heterocycles. The van der Waals surface area contributed by atoms with Gasteiger partial charge in [-0.25, -0.2) is 0 Å². The maximum atomic E-state index is 11.0. The van der Waals surface area contributed by atoms with Crippen molar-refractivity contribution >= 4 is 5.91 Å². The van der Waals surface area contributed by atoms with Gasteiger partial charge in [-0.15, -0.1) is 6.58 Å². The molecule has 2 nitrogen and oxygen atoms in total. The standard InChI is InChI=1S/C8H13NO/c1-3-4-9-8(10)7-5-6(7)2/h3,6-7H,1,4-5H2,2H3,(H,9,10).